The summed E-state index contributed by atoms with van der Waals surface area (Å²) in [5.74, 6) is 3.04. The van der Waals surface area contributed by atoms with Crippen molar-refractivity contribution >= 4 is 6.21 Å². The Bertz CT molecular complexity index is 433. The van der Waals surface area contributed by atoms with E-state index in [0.29, 0.717) is 42.2 Å². The second-order valence-electron chi connectivity index (χ2n) is 7.14. The standard InChI is InChI=1S/C17H25FN2O/c18-14-3-1-11(2-4-14)13-7-15-16(12-5-6-21-10-12)9-20-17(15)19-8-13/h1,3,8,11-17,20H,2,4-7,9-10H2. The summed E-state index contributed by atoms with van der Waals surface area (Å²) in [5.41, 5.74) is 0. The minimum absolute atomic E-state index is 0.313. The molecule has 7 unspecified atom stereocenters. The second-order valence-corrected chi connectivity index (χ2v) is 7.14. The molecule has 1 aliphatic carbocycles. The molecule has 2 fully saturated rings. The topological polar surface area (TPSA) is 33.6 Å². The van der Waals surface area contributed by atoms with Crippen LogP contribution in [0.2, 0.25) is 0 Å². The number of hydrogen-bond acceptors (Lipinski definition) is 3. The van der Waals surface area contributed by atoms with Gasteiger partial charge in [-0.3, -0.25) is 10.3 Å². The summed E-state index contributed by atoms with van der Waals surface area (Å²) < 4.78 is 18.8. The van der Waals surface area contributed by atoms with Crippen LogP contribution < -0.4 is 5.32 Å². The molecular weight excluding hydrogens is 267 g/mol. The lowest BCUT2D eigenvalue weighted by molar-refractivity contribution is 0.154. The predicted molar refractivity (Wildman–Crippen MR) is 81.1 cm³/mol. The van der Waals surface area contributed by atoms with Crippen molar-refractivity contribution in [2.45, 2.75) is 38.0 Å². The van der Waals surface area contributed by atoms with Gasteiger partial charge in [0.2, 0.25) is 0 Å². The quantitative estimate of drug-likeness (QED) is 0.794. The Labute approximate surface area is 126 Å². The van der Waals surface area contributed by atoms with E-state index < -0.39 is 6.17 Å². The highest BCUT2D eigenvalue weighted by molar-refractivity contribution is 5.63. The second kappa shape index (κ2) is 5.81. The van der Waals surface area contributed by atoms with E-state index in [0.717, 1.165) is 26.2 Å². The van der Waals surface area contributed by atoms with Crippen LogP contribution in [0, 0.1) is 29.6 Å². The largest absolute Gasteiger partial charge is 0.381 e. The molecule has 0 bridgehead atoms. The number of halogens is 1. The molecule has 21 heavy (non-hydrogen) atoms. The molecule has 7 atom stereocenters. The van der Waals surface area contributed by atoms with Crippen molar-refractivity contribution in [1.82, 2.24) is 5.32 Å². The Morgan fingerprint density at radius 1 is 1.10 bits per heavy atom. The van der Waals surface area contributed by atoms with E-state index in [1.54, 1.807) is 6.08 Å². The number of nitrogens with zero attached hydrogens (tertiary/aromatic N) is 1. The highest BCUT2D eigenvalue weighted by Gasteiger charge is 2.44. The average Bonchev–Trinajstić information content (AvgIpc) is 3.16. The molecule has 4 aliphatic rings. The van der Waals surface area contributed by atoms with Crippen molar-refractivity contribution in [3.05, 3.63) is 12.2 Å². The van der Waals surface area contributed by atoms with E-state index >= 15 is 0 Å². The number of nitrogens with one attached hydrogen (secondary N) is 1. The van der Waals surface area contributed by atoms with E-state index in [1.807, 2.05) is 0 Å². The number of ether oxygens (including phenoxy) is 1. The zero-order chi connectivity index (χ0) is 14.2. The van der Waals surface area contributed by atoms with Crippen LogP contribution in [-0.4, -0.2) is 38.3 Å². The molecule has 4 heteroatoms. The van der Waals surface area contributed by atoms with Crippen LogP contribution in [0.4, 0.5) is 4.39 Å². The molecule has 0 aromatic heterocycles. The zero-order valence-electron chi connectivity index (χ0n) is 12.5. The summed E-state index contributed by atoms with van der Waals surface area (Å²) >= 11 is 0. The van der Waals surface area contributed by atoms with E-state index in [2.05, 4.69) is 17.6 Å². The van der Waals surface area contributed by atoms with Gasteiger partial charge in [-0.25, -0.2) is 4.39 Å². The number of hydrogen-bond donors (Lipinski definition) is 1. The smallest absolute Gasteiger partial charge is 0.118 e. The average molecular weight is 292 g/mol. The zero-order valence-corrected chi connectivity index (χ0v) is 12.5. The first kappa shape index (κ1) is 13.9. The summed E-state index contributed by atoms with van der Waals surface area (Å²) in [6.07, 6.45) is 9.64. The number of allylic oxidation sites excluding steroid dienone is 2. The molecule has 0 saturated carbocycles. The van der Waals surface area contributed by atoms with Crippen LogP contribution in [0.3, 0.4) is 0 Å². The SMILES string of the molecule is FC1C=CC(C2C=NC3NCC(C4CCOC4)C3C2)CC1. The lowest BCUT2D eigenvalue weighted by atomic mass is 9.72. The van der Waals surface area contributed by atoms with Gasteiger partial charge in [0.25, 0.3) is 0 Å². The molecule has 2 saturated heterocycles. The minimum Gasteiger partial charge on any atom is -0.381 e. The third-order valence-corrected chi connectivity index (χ3v) is 5.96. The fourth-order valence-corrected chi connectivity index (χ4v) is 4.70. The van der Waals surface area contributed by atoms with Gasteiger partial charge in [-0.1, -0.05) is 12.2 Å². The van der Waals surface area contributed by atoms with Gasteiger partial charge < -0.3 is 4.74 Å². The summed E-state index contributed by atoms with van der Waals surface area (Å²) in [6, 6.07) is 0. The van der Waals surface area contributed by atoms with Crippen LogP contribution >= 0.6 is 0 Å². The summed E-state index contributed by atoms with van der Waals surface area (Å²) in [5, 5.41) is 3.58. The van der Waals surface area contributed by atoms with Crippen LogP contribution in [0.25, 0.3) is 0 Å². The van der Waals surface area contributed by atoms with Crippen molar-refractivity contribution in [2.75, 3.05) is 19.8 Å². The van der Waals surface area contributed by atoms with Crippen molar-refractivity contribution < 1.29 is 9.13 Å². The highest BCUT2D eigenvalue weighted by atomic mass is 19.1. The minimum atomic E-state index is -0.730. The molecule has 116 valence electrons. The molecule has 3 nitrogen and oxygen atoms in total. The number of rotatable bonds is 2. The first-order chi connectivity index (χ1) is 10.3. The van der Waals surface area contributed by atoms with E-state index in [-0.39, 0.29) is 0 Å². The van der Waals surface area contributed by atoms with Crippen molar-refractivity contribution in [3.8, 4) is 0 Å². The van der Waals surface area contributed by atoms with Crippen LogP contribution in [0.15, 0.2) is 17.1 Å². The molecular formula is C17H25FN2O. The molecule has 3 heterocycles. The normalized spacial score (nSPS) is 49.5. The number of fused-ring (bicyclic) bond motifs is 1. The highest BCUT2D eigenvalue weighted by Crippen LogP contribution is 2.42. The summed E-state index contributed by atoms with van der Waals surface area (Å²) in [6.45, 7) is 2.94. The Hall–Kier alpha value is -0.740. The number of alkyl halides is 1. The van der Waals surface area contributed by atoms with Crippen LogP contribution in [0.5, 0.6) is 0 Å². The Morgan fingerprint density at radius 2 is 2.05 bits per heavy atom. The predicted octanol–water partition coefficient (Wildman–Crippen LogP) is 2.58. The summed E-state index contributed by atoms with van der Waals surface area (Å²) in [7, 11) is 0. The van der Waals surface area contributed by atoms with Gasteiger partial charge in [0.1, 0.15) is 12.3 Å². The van der Waals surface area contributed by atoms with Gasteiger partial charge in [0, 0.05) is 31.9 Å². The third kappa shape index (κ3) is 2.68. The molecule has 0 radical (unpaired) electrons. The molecule has 0 amide bonds. The van der Waals surface area contributed by atoms with Gasteiger partial charge >= 0.3 is 0 Å². The molecule has 0 aromatic rings. The maximum atomic E-state index is 13.3. The molecule has 3 aliphatic heterocycles. The van der Waals surface area contributed by atoms with Crippen LogP contribution in [0.1, 0.15) is 25.7 Å². The van der Waals surface area contributed by atoms with Crippen molar-refractivity contribution in [1.29, 1.82) is 0 Å². The Balaban J connectivity index is 1.46. The lowest BCUT2D eigenvalue weighted by Gasteiger charge is -2.35. The van der Waals surface area contributed by atoms with Gasteiger partial charge in [0.05, 0.1) is 0 Å². The van der Waals surface area contributed by atoms with Crippen molar-refractivity contribution in [2.24, 2.45) is 34.6 Å². The van der Waals surface area contributed by atoms with Gasteiger partial charge in [-0.05, 0) is 49.4 Å². The monoisotopic (exact) mass is 292 g/mol. The van der Waals surface area contributed by atoms with E-state index in [1.165, 1.54) is 12.8 Å². The van der Waals surface area contributed by atoms with Gasteiger partial charge in [-0.15, -0.1) is 0 Å². The van der Waals surface area contributed by atoms with E-state index in [9.17, 15) is 4.39 Å². The first-order valence-electron chi connectivity index (χ1n) is 8.48. The Morgan fingerprint density at radius 3 is 2.81 bits per heavy atom. The van der Waals surface area contributed by atoms with Crippen LogP contribution in [-0.2, 0) is 4.74 Å². The molecule has 0 aromatic carbocycles. The number of aliphatic imine (C=N–C) groups is 1. The first-order valence-corrected chi connectivity index (χ1v) is 8.48. The molecule has 4 rings (SSSR count). The van der Waals surface area contributed by atoms with Gasteiger partial charge in [-0.2, -0.15) is 0 Å². The third-order valence-electron chi connectivity index (χ3n) is 5.96. The molecule has 0 spiro atoms. The van der Waals surface area contributed by atoms with Crippen molar-refractivity contribution in [3.63, 3.8) is 0 Å². The lowest BCUT2D eigenvalue weighted by Crippen LogP contribution is -2.35. The molecule has 1 N–H and O–H groups in total. The maximum Gasteiger partial charge on any atom is 0.118 e. The maximum absolute atomic E-state index is 13.3. The van der Waals surface area contributed by atoms with Gasteiger partial charge in [0.15, 0.2) is 0 Å². The Kier molecular flexibility index (Phi) is 3.84. The fourth-order valence-electron chi connectivity index (χ4n) is 4.70. The summed E-state index contributed by atoms with van der Waals surface area (Å²) in [4.78, 5) is 4.78. The van der Waals surface area contributed by atoms with E-state index in [4.69, 9.17) is 9.73 Å². The fraction of sp³-hybridized carbons (Fsp3) is 0.824.